The van der Waals surface area contributed by atoms with Gasteiger partial charge >= 0.3 is 5.97 Å². The molecule has 1 aromatic carbocycles. The van der Waals surface area contributed by atoms with Gasteiger partial charge in [-0.2, -0.15) is 0 Å². The summed E-state index contributed by atoms with van der Waals surface area (Å²) in [5.41, 5.74) is 1.37. The molecule has 23 heteroatoms. The van der Waals surface area contributed by atoms with Crippen LogP contribution in [0.4, 0.5) is 0 Å². The summed E-state index contributed by atoms with van der Waals surface area (Å²) >= 11 is 0. The van der Waals surface area contributed by atoms with Gasteiger partial charge in [0.2, 0.25) is 45.4 Å². The fourth-order valence-corrected chi connectivity index (χ4v) is 9.57. The number of hydrogen-bond donors (Lipinski definition) is 5. The van der Waals surface area contributed by atoms with Crippen molar-refractivity contribution < 1.29 is 56.4 Å². The highest BCUT2D eigenvalue weighted by Gasteiger charge is 2.45. The molecule has 6 heterocycles. The molecule has 0 aliphatic carbocycles. The zero-order valence-corrected chi connectivity index (χ0v) is 44.4. The predicted octanol–water partition coefficient (Wildman–Crippen LogP) is 2.58. The average molecular weight is 1070 g/mol. The molecule has 0 spiro atoms. The van der Waals surface area contributed by atoms with E-state index in [0.29, 0.717) is 64.2 Å². The maximum absolute atomic E-state index is 13.9. The van der Waals surface area contributed by atoms with Gasteiger partial charge in [0.1, 0.15) is 25.4 Å². The molecule has 4 amide bonds. The van der Waals surface area contributed by atoms with Gasteiger partial charge in [-0.1, -0.05) is 58.6 Å². The number of rotatable bonds is 24. The first kappa shape index (κ1) is 56.5. The number of hydrogen-bond acceptors (Lipinski definition) is 17. The molecule has 4 aromatic rings. The van der Waals surface area contributed by atoms with Crippen LogP contribution in [0.15, 0.2) is 46.6 Å². The van der Waals surface area contributed by atoms with Crippen LogP contribution in [0.2, 0.25) is 0 Å². The molecule has 3 aliphatic heterocycles. The monoisotopic (exact) mass is 1070 g/mol. The number of sulfone groups is 1. The zero-order chi connectivity index (χ0) is 54.7. The first-order valence-corrected chi connectivity index (χ1v) is 27.3. The lowest BCUT2D eigenvalue weighted by atomic mass is 9.86. The number of aliphatic hydroxyl groups is 1. The van der Waals surface area contributed by atoms with E-state index in [-0.39, 0.29) is 80.7 Å². The van der Waals surface area contributed by atoms with Crippen LogP contribution in [0.5, 0.6) is 11.5 Å². The number of unbranched alkanes of at least 4 members (excludes halogenated alkanes) is 2. The number of nitrogens with zero attached hydrogens (tertiary/aromatic N) is 5. The predicted molar refractivity (Wildman–Crippen MR) is 278 cm³/mol. The maximum atomic E-state index is 13.9. The fourth-order valence-electron chi connectivity index (χ4n) is 9.08. The number of benzene rings is 1. The highest BCUT2D eigenvalue weighted by atomic mass is 32.2. The maximum Gasteiger partial charge on any atom is 0.343 e. The van der Waals surface area contributed by atoms with E-state index in [0.717, 1.165) is 37.9 Å². The van der Waals surface area contributed by atoms with E-state index in [1.165, 1.54) is 12.4 Å². The van der Waals surface area contributed by atoms with Gasteiger partial charge in [-0.05, 0) is 75.4 Å². The second-order valence-corrected chi connectivity index (χ2v) is 20.9. The molecular formula is C53H65N9O13S. The van der Waals surface area contributed by atoms with Crippen molar-refractivity contribution in [1.82, 2.24) is 45.7 Å². The molecule has 0 saturated heterocycles. The molecule has 76 heavy (non-hydrogen) atoms. The Balaban J connectivity index is 0.936. The Morgan fingerprint density at radius 3 is 2.38 bits per heavy atom. The number of nitrogens with one attached hydrogen (secondary N) is 4. The molecule has 0 radical (unpaired) electrons. The molecule has 22 nitrogen and oxygen atoms in total. The van der Waals surface area contributed by atoms with Crippen molar-refractivity contribution in [3.63, 3.8) is 0 Å². The van der Waals surface area contributed by atoms with Crippen molar-refractivity contribution in [3.8, 4) is 34.7 Å². The second-order valence-electron chi connectivity index (χ2n) is 19.0. The van der Waals surface area contributed by atoms with Crippen molar-refractivity contribution in [3.05, 3.63) is 74.8 Å². The van der Waals surface area contributed by atoms with Crippen molar-refractivity contribution >= 4 is 56.4 Å². The third kappa shape index (κ3) is 13.2. The molecule has 406 valence electrons. The van der Waals surface area contributed by atoms with E-state index in [2.05, 4.69) is 61.8 Å². The van der Waals surface area contributed by atoms with Crippen LogP contribution >= 0.6 is 0 Å². The fraction of sp³-hybridized carbons (Fsp3) is 0.491. The average Bonchev–Trinajstić information content (AvgIpc) is 4.06. The van der Waals surface area contributed by atoms with E-state index in [1.54, 1.807) is 43.5 Å². The molecule has 3 aromatic heterocycles. The summed E-state index contributed by atoms with van der Waals surface area (Å²) in [6.45, 7) is 11.3. The van der Waals surface area contributed by atoms with Crippen LogP contribution in [0.1, 0.15) is 107 Å². The highest BCUT2D eigenvalue weighted by Crippen LogP contribution is 2.43. The molecule has 0 bridgehead atoms. The summed E-state index contributed by atoms with van der Waals surface area (Å²) in [5.74, 6) is 3.62. The van der Waals surface area contributed by atoms with Gasteiger partial charge in [-0.15, -0.1) is 0 Å². The number of fused-ring (bicyclic) bond motifs is 6. The van der Waals surface area contributed by atoms with Crippen molar-refractivity contribution in [1.29, 1.82) is 0 Å². The van der Waals surface area contributed by atoms with Crippen LogP contribution in [0.3, 0.4) is 0 Å². The number of carbonyl (C=O) groups is 5. The van der Waals surface area contributed by atoms with E-state index in [4.69, 9.17) is 23.9 Å². The zero-order valence-electron chi connectivity index (χ0n) is 43.6. The lowest BCUT2D eigenvalue weighted by Gasteiger charge is -2.31. The molecule has 0 saturated carbocycles. The number of amides is 4. The minimum Gasteiger partial charge on any atom is -0.458 e. The van der Waals surface area contributed by atoms with E-state index < -0.39 is 63.3 Å². The number of esters is 1. The van der Waals surface area contributed by atoms with E-state index >= 15 is 0 Å². The Hall–Kier alpha value is -7.26. The summed E-state index contributed by atoms with van der Waals surface area (Å²) in [7, 11) is -3.54. The van der Waals surface area contributed by atoms with Crippen LogP contribution < -0.4 is 36.3 Å². The SMILES string of the molecule is CCN(CC)CCCC[C@H](NC(=O)[C@@H](NC(=O)CCCC#Cc1cnc(S(C)(=O)=O)nc1)C(C)C)C(=O)NCC(=O)NCOC/C=C/c1c2c(nc3cc4c(cc13)OCO4)-c1cc3c(c(=O)n1C2)COC(=O)[C@]3(O)CC. The smallest absolute Gasteiger partial charge is 0.343 e. The molecule has 3 atom stereocenters. The summed E-state index contributed by atoms with van der Waals surface area (Å²) < 4.78 is 47.0. The molecule has 0 unspecified atom stereocenters. The van der Waals surface area contributed by atoms with E-state index in [1.807, 2.05) is 12.1 Å². The van der Waals surface area contributed by atoms with Gasteiger partial charge < -0.3 is 54.8 Å². The molecule has 3 aliphatic rings. The summed E-state index contributed by atoms with van der Waals surface area (Å²) in [5, 5.41) is 22.7. The first-order valence-electron chi connectivity index (χ1n) is 25.4. The largest absolute Gasteiger partial charge is 0.458 e. The van der Waals surface area contributed by atoms with Gasteiger partial charge in [0.15, 0.2) is 17.1 Å². The second kappa shape index (κ2) is 25.1. The number of aromatic nitrogens is 4. The molecular weight excluding hydrogens is 1000 g/mol. The van der Waals surface area contributed by atoms with Gasteiger partial charge in [0, 0.05) is 54.1 Å². The topological polar surface area (TPSA) is 289 Å². The normalized spacial score (nSPS) is 16.1. The van der Waals surface area contributed by atoms with Crippen molar-refractivity contribution in [2.24, 2.45) is 5.92 Å². The van der Waals surface area contributed by atoms with E-state index in [9.17, 15) is 42.3 Å². The molecule has 0 fully saturated rings. The Labute approximate surface area is 440 Å². The van der Waals surface area contributed by atoms with Gasteiger partial charge in [-0.3, -0.25) is 24.0 Å². The minimum absolute atomic E-state index is 0.00406. The summed E-state index contributed by atoms with van der Waals surface area (Å²) in [6.07, 6.45) is 9.66. The Morgan fingerprint density at radius 2 is 1.68 bits per heavy atom. The van der Waals surface area contributed by atoms with Crippen molar-refractivity contribution in [2.75, 3.05) is 52.6 Å². The van der Waals surface area contributed by atoms with Gasteiger partial charge in [-0.25, -0.2) is 28.2 Å². The third-order valence-electron chi connectivity index (χ3n) is 13.4. The standard InChI is InChI=1S/C53H65N9O13S/c1-7-53(69)38-23-41-47-36(28-62(41)50(67)37(38)29-73-51(53)68)34(35-22-42-43(75-31-74-42)24-40(35)58-47)17-15-21-72-30-57-45(64)27-54-48(65)39(18-13-14-20-61(8-2)9-3)59-49(66)46(32(4)5)60-44(63)19-12-10-11-16-33-25-55-52(56-26-33)76(6,70)71/h15,17,22-26,32,39,46,69H,7-10,12-14,18-21,27-31H2,1-6H3,(H,54,65)(H,57,64)(H,59,66)(H,60,63)/b17-15+/t39-,46-,53-/m0/s1. The number of pyridine rings is 2. The van der Waals surface area contributed by atoms with Crippen LogP contribution in [0.25, 0.3) is 28.4 Å². The quantitative estimate of drug-likeness (QED) is 0.0195. The van der Waals surface area contributed by atoms with Gasteiger partial charge in [0.25, 0.3) is 5.56 Å². The number of ether oxygens (including phenoxy) is 4. The summed E-state index contributed by atoms with van der Waals surface area (Å²) in [4.78, 5) is 94.8. The van der Waals surface area contributed by atoms with Crippen LogP contribution in [0, 0.1) is 17.8 Å². The van der Waals surface area contributed by atoms with Crippen LogP contribution in [-0.2, 0) is 62.0 Å². The van der Waals surface area contributed by atoms with Gasteiger partial charge in [0.05, 0.1) is 47.7 Å². The summed E-state index contributed by atoms with van der Waals surface area (Å²) in [6, 6.07) is 3.26. The number of carbonyl (C=O) groups excluding carboxylic acids is 5. The Morgan fingerprint density at radius 1 is 0.947 bits per heavy atom. The molecule has 7 rings (SSSR count). The lowest BCUT2D eigenvalue weighted by molar-refractivity contribution is -0.172. The lowest BCUT2D eigenvalue weighted by Crippen LogP contribution is -2.56. The minimum atomic E-state index is -3.54. The molecule has 5 N–H and O–H groups in total. The van der Waals surface area contributed by atoms with Crippen molar-refractivity contribution in [2.45, 2.75) is 116 Å². The first-order chi connectivity index (χ1) is 36.4. The third-order valence-corrected chi connectivity index (χ3v) is 14.3. The highest BCUT2D eigenvalue weighted by molar-refractivity contribution is 7.90. The Kier molecular flexibility index (Phi) is 18.6. The Bertz CT molecular complexity index is 3130. The van der Waals surface area contributed by atoms with Crippen LogP contribution in [-0.4, -0.2) is 132 Å². The number of cyclic esters (lactones) is 1.